The van der Waals surface area contributed by atoms with Gasteiger partial charge >= 0.3 is 0 Å². The predicted octanol–water partition coefficient (Wildman–Crippen LogP) is 0.798. The fourth-order valence-corrected chi connectivity index (χ4v) is 3.78. The van der Waals surface area contributed by atoms with Crippen LogP contribution in [0, 0.1) is 12.3 Å². The third kappa shape index (κ3) is 3.39. The molecule has 1 amide bonds. The van der Waals surface area contributed by atoms with Gasteiger partial charge in [-0.15, -0.1) is 12.3 Å². The number of hydrogen-bond donors (Lipinski definition) is 3. The molecule has 126 valence electrons. The van der Waals surface area contributed by atoms with Crippen LogP contribution < -0.4 is 15.4 Å². The van der Waals surface area contributed by atoms with Gasteiger partial charge < -0.3 is 10.6 Å². The quantitative estimate of drug-likeness (QED) is 0.661. The Morgan fingerprint density at radius 3 is 2.79 bits per heavy atom. The van der Waals surface area contributed by atoms with Crippen LogP contribution in [0.1, 0.15) is 19.3 Å². The highest BCUT2D eigenvalue weighted by molar-refractivity contribution is 7.89. The van der Waals surface area contributed by atoms with E-state index in [4.69, 9.17) is 6.42 Å². The minimum Gasteiger partial charge on any atom is -0.360 e. The van der Waals surface area contributed by atoms with E-state index in [0.29, 0.717) is 31.5 Å². The molecule has 8 nitrogen and oxygen atoms in total. The van der Waals surface area contributed by atoms with E-state index in [2.05, 4.69) is 31.5 Å². The van der Waals surface area contributed by atoms with Crippen LogP contribution in [0.4, 0.5) is 5.69 Å². The lowest BCUT2D eigenvalue weighted by Crippen LogP contribution is -2.54. The minimum absolute atomic E-state index is 0.123. The molecule has 0 saturated carbocycles. The smallest absolute Gasteiger partial charge is 0.258 e. The number of terminal acetylenes is 1. The minimum atomic E-state index is -3.72. The molecule has 1 unspecified atom stereocenters. The molecule has 9 heteroatoms. The Kier molecular flexibility index (Phi) is 4.26. The molecule has 1 aromatic carbocycles. The Morgan fingerprint density at radius 1 is 1.33 bits per heavy atom. The second-order valence-corrected chi connectivity index (χ2v) is 7.30. The maximum Gasteiger partial charge on any atom is 0.258 e. The van der Waals surface area contributed by atoms with Crippen LogP contribution in [0.3, 0.4) is 0 Å². The fourth-order valence-electron chi connectivity index (χ4n) is 2.50. The topological polar surface area (TPSA) is 112 Å². The van der Waals surface area contributed by atoms with E-state index in [1.54, 1.807) is 18.2 Å². The van der Waals surface area contributed by atoms with Gasteiger partial charge in [0, 0.05) is 25.8 Å². The lowest BCUT2D eigenvalue weighted by atomic mass is 10.0. The zero-order valence-corrected chi connectivity index (χ0v) is 13.6. The third-order valence-electron chi connectivity index (χ3n) is 3.89. The lowest BCUT2D eigenvalue weighted by molar-refractivity contribution is -0.122. The summed E-state index contributed by atoms with van der Waals surface area (Å²) in [4.78, 5) is 12.3. The summed E-state index contributed by atoms with van der Waals surface area (Å²) in [6, 6.07) is 6.42. The number of para-hydroxylation sites is 1. The number of amides is 1. The summed E-state index contributed by atoms with van der Waals surface area (Å²) in [6.45, 7) is 0.331. The highest BCUT2D eigenvalue weighted by atomic mass is 32.2. The number of carbonyl (C=O) groups is 1. The van der Waals surface area contributed by atoms with Crippen molar-refractivity contribution in [3.63, 3.8) is 0 Å². The van der Waals surface area contributed by atoms with Gasteiger partial charge in [0.25, 0.3) is 5.91 Å². The molecule has 0 saturated heterocycles. The Balaban J connectivity index is 1.56. The molecule has 0 spiro atoms. The lowest BCUT2D eigenvalue weighted by Gasteiger charge is -2.27. The van der Waals surface area contributed by atoms with Crippen molar-refractivity contribution in [1.29, 1.82) is 0 Å². The van der Waals surface area contributed by atoms with E-state index in [9.17, 15) is 13.2 Å². The Hall–Kier alpha value is -2.44. The molecule has 1 aromatic rings. The van der Waals surface area contributed by atoms with E-state index in [-0.39, 0.29) is 4.90 Å². The van der Waals surface area contributed by atoms with Crippen molar-refractivity contribution in [3.8, 4) is 12.3 Å². The first-order chi connectivity index (χ1) is 11.5. The number of sulfonamides is 1. The maximum atomic E-state index is 12.2. The van der Waals surface area contributed by atoms with Gasteiger partial charge in [0.1, 0.15) is 4.90 Å². The van der Waals surface area contributed by atoms with Crippen LogP contribution >= 0.6 is 0 Å². The molecule has 0 bridgehead atoms. The average molecular weight is 347 g/mol. The second kappa shape index (κ2) is 6.22. The molecule has 2 heterocycles. The summed E-state index contributed by atoms with van der Waals surface area (Å²) in [5, 5.41) is 13.5. The van der Waals surface area contributed by atoms with Gasteiger partial charge in [-0.25, -0.2) is 8.42 Å². The van der Waals surface area contributed by atoms with Crippen LogP contribution in [0.15, 0.2) is 39.4 Å². The molecule has 24 heavy (non-hydrogen) atoms. The molecular weight excluding hydrogens is 330 g/mol. The van der Waals surface area contributed by atoms with Gasteiger partial charge in [-0.2, -0.15) is 15.0 Å². The normalized spacial score (nSPS) is 21.9. The van der Waals surface area contributed by atoms with Gasteiger partial charge in [-0.05, 0) is 12.1 Å². The fraction of sp³-hybridized carbons (Fsp3) is 0.400. The Morgan fingerprint density at radius 2 is 2.08 bits per heavy atom. The first-order valence-corrected chi connectivity index (χ1v) is 8.97. The maximum absolute atomic E-state index is 12.2. The number of nitrogens with one attached hydrogen (secondary N) is 3. The number of anilines is 1. The van der Waals surface area contributed by atoms with Crippen molar-refractivity contribution in [3.05, 3.63) is 24.3 Å². The molecule has 0 aromatic heterocycles. The van der Waals surface area contributed by atoms with Gasteiger partial charge in [0.05, 0.1) is 5.69 Å². The zero-order chi connectivity index (χ0) is 17.2. The SMILES string of the molecule is C#CCCC1(CCNC(=O)C2Nc3ccccc3S(=O)(=O)N2)N=N1. The molecule has 3 rings (SSSR count). The van der Waals surface area contributed by atoms with Crippen LogP contribution in [0.2, 0.25) is 0 Å². The van der Waals surface area contributed by atoms with Gasteiger partial charge in [-0.3, -0.25) is 4.79 Å². The summed E-state index contributed by atoms with van der Waals surface area (Å²) in [7, 11) is -3.72. The molecule has 0 aliphatic carbocycles. The van der Waals surface area contributed by atoms with Gasteiger partial charge in [0.2, 0.25) is 10.0 Å². The number of nitrogens with zero attached hydrogens (tertiary/aromatic N) is 2. The van der Waals surface area contributed by atoms with E-state index < -0.39 is 27.8 Å². The van der Waals surface area contributed by atoms with Crippen molar-refractivity contribution in [1.82, 2.24) is 10.0 Å². The molecule has 3 N–H and O–H groups in total. The second-order valence-electron chi connectivity index (χ2n) is 5.62. The number of benzene rings is 1. The van der Waals surface area contributed by atoms with Crippen molar-refractivity contribution >= 4 is 21.6 Å². The van der Waals surface area contributed by atoms with Crippen molar-refractivity contribution < 1.29 is 13.2 Å². The van der Waals surface area contributed by atoms with E-state index in [1.807, 2.05) is 0 Å². The molecule has 0 fully saturated rings. The monoisotopic (exact) mass is 347 g/mol. The van der Waals surface area contributed by atoms with Gasteiger partial charge in [0.15, 0.2) is 11.8 Å². The van der Waals surface area contributed by atoms with Crippen molar-refractivity contribution in [2.45, 2.75) is 36.0 Å². The molecule has 0 radical (unpaired) electrons. The standard InChI is InChI=1S/C15H17N5O3S/c1-2-3-8-15(19-20-15)9-10-16-14(21)13-17-11-6-4-5-7-12(11)24(22,23)18-13/h1,4-7,13,17-18H,3,8-10H2,(H,16,21). The molecule has 2 aliphatic rings. The first-order valence-electron chi connectivity index (χ1n) is 7.49. The molecule has 1 atom stereocenters. The Bertz CT molecular complexity index is 822. The summed E-state index contributed by atoms with van der Waals surface area (Å²) in [5.74, 6) is 2.08. The van der Waals surface area contributed by atoms with Crippen molar-refractivity contribution in [2.24, 2.45) is 10.2 Å². The van der Waals surface area contributed by atoms with E-state index in [1.165, 1.54) is 6.07 Å². The highest BCUT2D eigenvalue weighted by Gasteiger charge is 2.39. The first kappa shape index (κ1) is 16.4. The van der Waals surface area contributed by atoms with Gasteiger partial charge in [-0.1, -0.05) is 12.1 Å². The average Bonchev–Trinajstić information content (AvgIpc) is 3.32. The van der Waals surface area contributed by atoms with E-state index in [0.717, 1.165) is 0 Å². The van der Waals surface area contributed by atoms with Crippen LogP contribution in [-0.2, 0) is 14.8 Å². The van der Waals surface area contributed by atoms with Crippen molar-refractivity contribution in [2.75, 3.05) is 11.9 Å². The number of fused-ring (bicyclic) bond motifs is 1. The van der Waals surface area contributed by atoms with Crippen LogP contribution in [-0.4, -0.2) is 32.7 Å². The van der Waals surface area contributed by atoms with E-state index >= 15 is 0 Å². The molecule has 2 aliphatic heterocycles. The number of rotatable bonds is 6. The van der Waals surface area contributed by atoms with Crippen LogP contribution in [0.25, 0.3) is 0 Å². The number of hydrogen-bond acceptors (Lipinski definition) is 6. The summed E-state index contributed by atoms with van der Waals surface area (Å²) in [6.07, 6.45) is 5.93. The van der Waals surface area contributed by atoms with Crippen LogP contribution in [0.5, 0.6) is 0 Å². The largest absolute Gasteiger partial charge is 0.360 e. The number of carbonyl (C=O) groups excluding carboxylic acids is 1. The summed E-state index contributed by atoms with van der Waals surface area (Å²) >= 11 is 0. The molecular formula is C15H17N5O3S. The summed E-state index contributed by atoms with van der Waals surface area (Å²) in [5.41, 5.74) is -0.0831. The zero-order valence-electron chi connectivity index (χ0n) is 12.8. The Labute approximate surface area is 140 Å². The third-order valence-corrected chi connectivity index (χ3v) is 5.37. The summed E-state index contributed by atoms with van der Waals surface area (Å²) < 4.78 is 26.7. The highest BCUT2D eigenvalue weighted by Crippen LogP contribution is 2.36. The predicted molar refractivity (Wildman–Crippen MR) is 87.5 cm³/mol.